The normalized spacial score (nSPS) is 11.9. The lowest BCUT2D eigenvalue weighted by Gasteiger charge is -2.13. The van der Waals surface area contributed by atoms with Gasteiger partial charge in [-0.2, -0.15) is 0 Å². The van der Waals surface area contributed by atoms with Crippen LogP contribution in [-0.2, 0) is 20.8 Å². The Morgan fingerprint density at radius 1 is 1.30 bits per heavy atom. The SMILES string of the molecule is Cc1noc(C)c1CC(=O)N[C@@H](CCC(=O)O)C(=O)O. The van der Waals surface area contributed by atoms with E-state index < -0.39 is 23.9 Å². The number of hydrogen-bond acceptors (Lipinski definition) is 5. The Bertz CT molecular complexity index is 503. The van der Waals surface area contributed by atoms with Crippen LogP contribution in [0.2, 0.25) is 0 Å². The van der Waals surface area contributed by atoms with Crippen molar-refractivity contribution in [2.45, 2.75) is 39.2 Å². The molecular formula is C12H16N2O6. The number of amides is 1. The summed E-state index contributed by atoms with van der Waals surface area (Å²) >= 11 is 0. The summed E-state index contributed by atoms with van der Waals surface area (Å²) in [5.74, 6) is -2.40. The molecule has 1 aromatic rings. The summed E-state index contributed by atoms with van der Waals surface area (Å²) in [6.45, 7) is 3.33. The van der Waals surface area contributed by atoms with Crippen LogP contribution in [0, 0.1) is 13.8 Å². The third-order valence-corrected chi connectivity index (χ3v) is 2.80. The van der Waals surface area contributed by atoms with Crippen molar-refractivity contribution in [1.82, 2.24) is 10.5 Å². The summed E-state index contributed by atoms with van der Waals surface area (Å²) in [5, 5.41) is 23.5. The molecular weight excluding hydrogens is 268 g/mol. The predicted octanol–water partition coefficient (Wildman–Crippen LogP) is 0.268. The van der Waals surface area contributed by atoms with Crippen LogP contribution in [0.5, 0.6) is 0 Å². The molecule has 3 N–H and O–H groups in total. The molecule has 0 aromatic carbocycles. The summed E-state index contributed by atoms with van der Waals surface area (Å²) in [6, 6.07) is -1.22. The van der Waals surface area contributed by atoms with E-state index in [1.165, 1.54) is 0 Å². The molecule has 0 aliphatic heterocycles. The third-order valence-electron chi connectivity index (χ3n) is 2.80. The van der Waals surface area contributed by atoms with Crippen molar-refractivity contribution in [1.29, 1.82) is 0 Å². The molecule has 0 bridgehead atoms. The van der Waals surface area contributed by atoms with E-state index in [1.54, 1.807) is 13.8 Å². The maximum absolute atomic E-state index is 11.8. The van der Waals surface area contributed by atoms with Crippen LogP contribution >= 0.6 is 0 Å². The molecule has 0 aliphatic carbocycles. The van der Waals surface area contributed by atoms with Gasteiger partial charge in [0.15, 0.2) is 0 Å². The fourth-order valence-corrected chi connectivity index (χ4v) is 1.69. The van der Waals surface area contributed by atoms with E-state index in [9.17, 15) is 14.4 Å². The van der Waals surface area contributed by atoms with E-state index in [1.807, 2.05) is 0 Å². The fourth-order valence-electron chi connectivity index (χ4n) is 1.69. The molecule has 8 nitrogen and oxygen atoms in total. The van der Waals surface area contributed by atoms with Gasteiger partial charge in [0, 0.05) is 12.0 Å². The maximum Gasteiger partial charge on any atom is 0.326 e. The van der Waals surface area contributed by atoms with Gasteiger partial charge in [-0.3, -0.25) is 9.59 Å². The number of aryl methyl sites for hydroxylation is 2. The van der Waals surface area contributed by atoms with Crippen molar-refractivity contribution < 1.29 is 29.1 Å². The molecule has 0 unspecified atom stereocenters. The number of rotatable bonds is 7. The van der Waals surface area contributed by atoms with E-state index in [0.29, 0.717) is 17.0 Å². The summed E-state index contributed by atoms with van der Waals surface area (Å²) in [4.78, 5) is 33.2. The topological polar surface area (TPSA) is 130 Å². The molecule has 110 valence electrons. The Hall–Kier alpha value is -2.38. The predicted molar refractivity (Wildman–Crippen MR) is 66.1 cm³/mol. The molecule has 8 heteroatoms. The maximum atomic E-state index is 11.8. The molecule has 0 spiro atoms. The number of nitrogens with zero attached hydrogens (tertiary/aromatic N) is 1. The second-order valence-corrected chi connectivity index (χ2v) is 4.37. The summed E-state index contributed by atoms with van der Waals surface area (Å²) in [7, 11) is 0. The fraction of sp³-hybridized carbons (Fsp3) is 0.500. The summed E-state index contributed by atoms with van der Waals surface area (Å²) in [5.41, 5.74) is 1.17. The average molecular weight is 284 g/mol. The number of aromatic nitrogens is 1. The lowest BCUT2D eigenvalue weighted by atomic mass is 10.1. The van der Waals surface area contributed by atoms with Gasteiger partial charge in [-0.25, -0.2) is 4.79 Å². The van der Waals surface area contributed by atoms with E-state index in [-0.39, 0.29) is 19.3 Å². The van der Waals surface area contributed by atoms with Crippen molar-refractivity contribution >= 4 is 17.8 Å². The van der Waals surface area contributed by atoms with Gasteiger partial charge < -0.3 is 20.1 Å². The third kappa shape index (κ3) is 4.38. The van der Waals surface area contributed by atoms with Gasteiger partial charge in [-0.1, -0.05) is 5.16 Å². The Kier molecular flexibility index (Phi) is 5.24. The van der Waals surface area contributed by atoms with Gasteiger partial charge in [0.1, 0.15) is 11.8 Å². The first-order valence-electron chi connectivity index (χ1n) is 5.97. The lowest BCUT2D eigenvalue weighted by molar-refractivity contribution is -0.143. The van der Waals surface area contributed by atoms with Crippen LogP contribution in [0.4, 0.5) is 0 Å². The van der Waals surface area contributed by atoms with Crippen LogP contribution in [0.15, 0.2) is 4.52 Å². The second-order valence-electron chi connectivity index (χ2n) is 4.37. The second kappa shape index (κ2) is 6.69. The van der Waals surface area contributed by atoms with Gasteiger partial charge in [-0.05, 0) is 20.3 Å². The minimum absolute atomic E-state index is 0.0575. The molecule has 0 radical (unpaired) electrons. The van der Waals surface area contributed by atoms with Crippen molar-refractivity contribution in [3.63, 3.8) is 0 Å². The standard InChI is InChI=1S/C12H16N2O6/c1-6-8(7(2)20-14-6)5-10(15)13-9(12(18)19)3-4-11(16)17/h9H,3-5H2,1-2H3,(H,13,15)(H,16,17)(H,18,19)/t9-/m0/s1. The highest BCUT2D eigenvalue weighted by atomic mass is 16.5. The zero-order valence-electron chi connectivity index (χ0n) is 11.2. The van der Waals surface area contributed by atoms with Crippen molar-refractivity contribution in [2.75, 3.05) is 0 Å². The highest BCUT2D eigenvalue weighted by molar-refractivity contribution is 5.85. The van der Waals surface area contributed by atoms with Crippen molar-refractivity contribution in [2.24, 2.45) is 0 Å². The zero-order chi connectivity index (χ0) is 15.3. The Labute approximate surface area is 114 Å². The largest absolute Gasteiger partial charge is 0.481 e. The van der Waals surface area contributed by atoms with Gasteiger partial charge in [0.05, 0.1) is 12.1 Å². The highest BCUT2D eigenvalue weighted by Gasteiger charge is 2.22. The number of aliphatic carboxylic acids is 2. The molecule has 1 heterocycles. The number of nitrogens with one attached hydrogen (secondary N) is 1. The Morgan fingerprint density at radius 2 is 1.95 bits per heavy atom. The first-order chi connectivity index (χ1) is 9.31. The van der Waals surface area contributed by atoms with Crippen LogP contribution in [0.25, 0.3) is 0 Å². The zero-order valence-corrected chi connectivity index (χ0v) is 11.2. The van der Waals surface area contributed by atoms with E-state index in [0.717, 1.165) is 0 Å². The molecule has 0 aliphatic rings. The smallest absolute Gasteiger partial charge is 0.326 e. The minimum atomic E-state index is -1.27. The van der Waals surface area contributed by atoms with E-state index in [2.05, 4.69) is 10.5 Å². The van der Waals surface area contributed by atoms with Crippen LogP contribution < -0.4 is 5.32 Å². The summed E-state index contributed by atoms with van der Waals surface area (Å²) < 4.78 is 4.90. The number of carbonyl (C=O) groups excluding carboxylic acids is 1. The molecule has 1 amide bonds. The van der Waals surface area contributed by atoms with Crippen LogP contribution in [0.3, 0.4) is 0 Å². The number of carboxylic acid groups (broad SMARTS) is 2. The first-order valence-corrected chi connectivity index (χ1v) is 5.97. The van der Waals surface area contributed by atoms with Gasteiger partial charge in [0.2, 0.25) is 5.91 Å². The molecule has 0 saturated heterocycles. The monoisotopic (exact) mass is 284 g/mol. The molecule has 1 rings (SSSR count). The van der Waals surface area contributed by atoms with Gasteiger partial charge >= 0.3 is 11.9 Å². The number of hydrogen-bond donors (Lipinski definition) is 3. The van der Waals surface area contributed by atoms with Crippen molar-refractivity contribution in [3.8, 4) is 0 Å². The van der Waals surface area contributed by atoms with Gasteiger partial charge in [0.25, 0.3) is 0 Å². The van der Waals surface area contributed by atoms with Crippen molar-refractivity contribution in [3.05, 3.63) is 17.0 Å². The summed E-state index contributed by atoms with van der Waals surface area (Å²) in [6.07, 6.45) is -0.557. The van der Waals surface area contributed by atoms with Crippen LogP contribution in [-0.4, -0.2) is 39.3 Å². The number of carbonyl (C=O) groups is 3. The Balaban J connectivity index is 2.62. The highest BCUT2D eigenvalue weighted by Crippen LogP contribution is 2.13. The quantitative estimate of drug-likeness (QED) is 0.655. The minimum Gasteiger partial charge on any atom is -0.481 e. The lowest BCUT2D eigenvalue weighted by Crippen LogP contribution is -2.41. The molecule has 0 saturated carbocycles. The molecule has 0 fully saturated rings. The molecule has 20 heavy (non-hydrogen) atoms. The first kappa shape index (κ1) is 15.7. The van der Waals surface area contributed by atoms with E-state index >= 15 is 0 Å². The number of carboxylic acids is 2. The van der Waals surface area contributed by atoms with Crippen LogP contribution in [0.1, 0.15) is 29.9 Å². The van der Waals surface area contributed by atoms with E-state index in [4.69, 9.17) is 14.7 Å². The Morgan fingerprint density at radius 3 is 2.40 bits per heavy atom. The van der Waals surface area contributed by atoms with Gasteiger partial charge in [-0.15, -0.1) is 0 Å². The average Bonchev–Trinajstić information content (AvgIpc) is 2.65. The molecule has 1 atom stereocenters. The molecule has 1 aromatic heterocycles.